The number of nitrogens with zero attached hydrogens (tertiary/aromatic N) is 2. The summed E-state index contributed by atoms with van der Waals surface area (Å²) in [7, 11) is 3.20. The smallest absolute Gasteiger partial charge is 0.258 e. The Morgan fingerprint density at radius 2 is 2.11 bits per heavy atom. The van der Waals surface area contributed by atoms with E-state index in [1.807, 2.05) is 6.07 Å². The zero-order valence-corrected chi connectivity index (χ0v) is 15.6. The summed E-state index contributed by atoms with van der Waals surface area (Å²) in [6.07, 6.45) is 0.653. The predicted octanol–water partition coefficient (Wildman–Crippen LogP) is -0.665. The monoisotopic (exact) mass is 387 g/mol. The Bertz CT molecular complexity index is 951. The number of aromatic nitrogens is 2. The Morgan fingerprint density at radius 1 is 1.32 bits per heavy atom. The van der Waals surface area contributed by atoms with Crippen LogP contribution in [-0.2, 0) is 26.2 Å². The van der Waals surface area contributed by atoms with Crippen LogP contribution in [0.5, 0.6) is 5.75 Å². The summed E-state index contributed by atoms with van der Waals surface area (Å²) >= 11 is 0. The fourth-order valence-corrected chi connectivity index (χ4v) is 3.12. The highest BCUT2D eigenvalue weighted by Crippen LogP contribution is 2.34. The van der Waals surface area contributed by atoms with E-state index in [1.54, 1.807) is 23.9 Å². The highest BCUT2D eigenvalue weighted by molar-refractivity contribution is 6.03. The standard InChI is InChI=1S/C18H21N5O5/c1-19-14(25)8-20-15(26)9-28-12-5-3-4-10-16(22-23(2)17(10)12)11-6-7-13(24)21-18(11)27/h3-5,11H,6-9H2,1-2H3,(H,19,25)(H,20,26)(H,21,24,27). The molecular weight excluding hydrogens is 366 g/mol. The van der Waals surface area contributed by atoms with Crippen molar-refractivity contribution in [2.45, 2.75) is 18.8 Å². The fourth-order valence-electron chi connectivity index (χ4n) is 3.12. The predicted molar refractivity (Wildman–Crippen MR) is 98.4 cm³/mol. The number of nitrogens with one attached hydrogen (secondary N) is 3. The maximum atomic E-state index is 12.2. The first kappa shape index (κ1) is 19.3. The van der Waals surface area contributed by atoms with Crippen LogP contribution >= 0.6 is 0 Å². The average molecular weight is 387 g/mol. The number of benzene rings is 1. The molecule has 1 aliphatic heterocycles. The van der Waals surface area contributed by atoms with Gasteiger partial charge in [0, 0.05) is 25.9 Å². The van der Waals surface area contributed by atoms with Gasteiger partial charge in [0.15, 0.2) is 6.61 Å². The van der Waals surface area contributed by atoms with Gasteiger partial charge in [-0.2, -0.15) is 5.10 Å². The van der Waals surface area contributed by atoms with Gasteiger partial charge in [-0.25, -0.2) is 0 Å². The van der Waals surface area contributed by atoms with Gasteiger partial charge in [0.2, 0.25) is 17.7 Å². The lowest BCUT2D eigenvalue weighted by Crippen LogP contribution is -2.39. The van der Waals surface area contributed by atoms with Gasteiger partial charge >= 0.3 is 0 Å². The molecule has 1 fully saturated rings. The zero-order valence-electron chi connectivity index (χ0n) is 15.6. The molecule has 1 saturated heterocycles. The fraction of sp³-hybridized carbons (Fsp3) is 0.389. The average Bonchev–Trinajstić information content (AvgIpc) is 3.01. The molecule has 0 spiro atoms. The van der Waals surface area contributed by atoms with Crippen LogP contribution < -0.4 is 20.7 Å². The van der Waals surface area contributed by atoms with Crippen molar-refractivity contribution in [1.29, 1.82) is 0 Å². The molecule has 1 atom stereocenters. The summed E-state index contributed by atoms with van der Waals surface area (Å²) in [6.45, 7) is -0.400. The van der Waals surface area contributed by atoms with E-state index in [0.717, 1.165) is 5.39 Å². The molecule has 3 rings (SSSR count). The number of amides is 4. The Labute approximate surface area is 160 Å². The molecule has 2 aromatic rings. The lowest BCUT2D eigenvalue weighted by molar-refractivity contribution is -0.134. The molecule has 2 heterocycles. The minimum atomic E-state index is -0.521. The van der Waals surface area contributed by atoms with Gasteiger partial charge in [0.05, 0.1) is 18.2 Å². The maximum Gasteiger partial charge on any atom is 0.258 e. The van der Waals surface area contributed by atoms with Crippen molar-refractivity contribution in [1.82, 2.24) is 25.7 Å². The summed E-state index contributed by atoms with van der Waals surface area (Å²) in [5, 5.41) is 12.4. The Balaban J connectivity index is 1.79. The molecule has 1 aliphatic rings. The molecule has 10 heteroatoms. The Kier molecular flexibility index (Phi) is 5.57. The molecule has 28 heavy (non-hydrogen) atoms. The lowest BCUT2D eigenvalue weighted by Gasteiger charge is -2.19. The van der Waals surface area contributed by atoms with E-state index in [4.69, 9.17) is 4.74 Å². The Hall–Kier alpha value is -3.43. The van der Waals surface area contributed by atoms with Crippen molar-refractivity contribution in [3.63, 3.8) is 0 Å². The number of carbonyl (C=O) groups is 4. The third kappa shape index (κ3) is 3.95. The van der Waals surface area contributed by atoms with Gasteiger partial charge in [0.1, 0.15) is 11.3 Å². The second-order valence-corrected chi connectivity index (χ2v) is 6.40. The number of hydrogen-bond donors (Lipinski definition) is 3. The van der Waals surface area contributed by atoms with Gasteiger partial charge in [-0.05, 0) is 12.5 Å². The highest BCUT2D eigenvalue weighted by Gasteiger charge is 2.32. The van der Waals surface area contributed by atoms with Crippen molar-refractivity contribution >= 4 is 34.5 Å². The molecule has 0 aliphatic carbocycles. The first-order chi connectivity index (χ1) is 13.4. The van der Waals surface area contributed by atoms with Crippen molar-refractivity contribution < 1.29 is 23.9 Å². The second-order valence-electron chi connectivity index (χ2n) is 6.40. The van der Waals surface area contributed by atoms with Crippen LogP contribution in [0.3, 0.4) is 0 Å². The molecule has 1 aromatic carbocycles. The van der Waals surface area contributed by atoms with Gasteiger partial charge in [-0.3, -0.25) is 29.2 Å². The first-order valence-electron chi connectivity index (χ1n) is 8.80. The van der Waals surface area contributed by atoms with Crippen molar-refractivity contribution in [2.75, 3.05) is 20.2 Å². The third-order valence-electron chi connectivity index (χ3n) is 4.51. The summed E-state index contributed by atoms with van der Waals surface area (Å²) in [4.78, 5) is 46.6. The van der Waals surface area contributed by atoms with Crippen molar-refractivity contribution in [3.05, 3.63) is 23.9 Å². The quantitative estimate of drug-likeness (QED) is 0.564. The van der Waals surface area contributed by atoms with E-state index in [1.165, 1.54) is 7.05 Å². The minimum absolute atomic E-state index is 0.131. The van der Waals surface area contributed by atoms with E-state index in [2.05, 4.69) is 21.0 Å². The number of carbonyl (C=O) groups excluding carboxylic acids is 4. The number of aryl methyl sites for hydroxylation is 1. The molecular formula is C18H21N5O5. The van der Waals surface area contributed by atoms with Crippen molar-refractivity contribution in [3.8, 4) is 5.75 Å². The van der Waals surface area contributed by atoms with E-state index in [-0.39, 0.29) is 37.3 Å². The molecule has 0 saturated carbocycles. The van der Waals surface area contributed by atoms with Crippen LogP contribution in [0.4, 0.5) is 0 Å². The highest BCUT2D eigenvalue weighted by atomic mass is 16.5. The molecule has 0 bridgehead atoms. The van der Waals surface area contributed by atoms with E-state index >= 15 is 0 Å². The minimum Gasteiger partial charge on any atom is -0.482 e. The molecule has 4 amide bonds. The van der Waals surface area contributed by atoms with Crippen LogP contribution in [0.1, 0.15) is 24.5 Å². The second kappa shape index (κ2) is 8.07. The number of ether oxygens (including phenoxy) is 1. The molecule has 3 N–H and O–H groups in total. The largest absolute Gasteiger partial charge is 0.482 e. The molecule has 1 aromatic heterocycles. The molecule has 10 nitrogen and oxygen atoms in total. The molecule has 148 valence electrons. The van der Waals surface area contributed by atoms with E-state index < -0.39 is 11.8 Å². The molecule has 0 radical (unpaired) electrons. The SMILES string of the molecule is CNC(=O)CNC(=O)COc1cccc2c(C3CCC(=O)NC3=O)nn(C)c12. The van der Waals surface area contributed by atoms with Gasteiger partial charge in [-0.1, -0.05) is 12.1 Å². The number of rotatable bonds is 6. The van der Waals surface area contributed by atoms with E-state index in [0.29, 0.717) is 23.4 Å². The van der Waals surface area contributed by atoms with Crippen LogP contribution in [0.15, 0.2) is 18.2 Å². The Morgan fingerprint density at radius 3 is 2.82 bits per heavy atom. The number of piperidine rings is 1. The summed E-state index contributed by atoms with van der Waals surface area (Å²) < 4.78 is 7.20. The van der Waals surface area contributed by atoms with Gasteiger partial charge < -0.3 is 15.4 Å². The topological polar surface area (TPSA) is 131 Å². The number of likely N-dealkylation sites (N-methyl/N-ethyl adjacent to an activating group) is 1. The van der Waals surface area contributed by atoms with Crippen LogP contribution in [0.2, 0.25) is 0 Å². The number of hydrogen-bond acceptors (Lipinski definition) is 6. The van der Waals surface area contributed by atoms with E-state index in [9.17, 15) is 19.2 Å². The van der Waals surface area contributed by atoms with Crippen molar-refractivity contribution in [2.24, 2.45) is 7.05 Å². The van der Waals surface area contributed by atoms with Crippen LogP contribution in [-0.4, -0.2) is 53.6 Å². The zero-order chi connectivity index (χ0) is 20.3. The first-order valence-corrected chi connectivity index (χ1v) is 8.80. The summed E-state index contributed by atoms with van der Waals surface area (Å²) in [5.74, 6) is -1.48. The van der Waals surface area contributed by atoms with Crippen LogP contribution in [0.25, 0.3) is 10.9 Å². The lowest BCUT2D eigenvalue weighted by atomic mass is 9.93. The normalized spacial score (nSPS) is 16.6. The van der Waals surface area contributed by atoms with Crippen LogP contribution in [0, 0.1) is 0 Å². The number of para-hydroxylation sites is 1. The summed E-state index contributed by atoms with van der Waals surface area (Å²) in [6, 6.07) is 5.27. The molecule has 1 unspecified atom stereocenters. The summed E-state index contributed by atoms with van der Waals surface area (Å²) in [5.41, 5.74) is 1.21. The third-order valence-corrected chi connectivity index (χ3v) is 4.51. The number of fused-ring (bicyclic) bond motifs is 1. The maximum absolute atomic E-state index is 12.2. The van der Waals surface area contributed by atoms with Gasteiger partial charge in [0.25, 0.3) is 5.91 Å². The number of imide groups is 1. The van der Waals surface area contributed by atoms with Gasteiger partial charge in [-0.15, -0.1) is 0 Å².